The van der Waals surface area contributed by atoms with E-state index < -0.39 is 17.1 Å². The fraction of sp³-hybridized carbons (Fsp3) is 0.216. The predicted molar refractivity (Wildman–Crippen MR) is 191 cm³/mol. The van der Waals surface area contributed by atoms with Crippen molar-refractivity contribution in [2.45, 2.75) is 23.5 Å². The first kappa shape index (κ1) is 36.2. The van der Waals surface area contributed by atoms with E-state index >= 15 is 0 Å². The van der Waals surface area contributed by atoms with Crippen LogP contribution in [0.4, 0.5) is 11.4 Å². The van der Waals surface area contributed by atoms with Crippen LogP contribution in [0.3, 0.4) is 0 Å². The number of carbonyl (C=O) groups is 3. The highest BCUT2D eigenvalue weighted by molar-refractivity contribution is 8.00. The lowest BCUT2D eigenvalue weighted by Crippen LogP contribution is -2.30. The van der Waals surface area contributed by atoms with Crippen LogP contribution in [0.15, 0.2) is 95.5 Å². The van der Waals surface area contributed by atoms with E-state index in [1.807, 2.05) is 13.0 Å². The largest absolute Gasteiger partial charge is 0.497 e. The molecule has 0 bridgehead atoms. The standard InChI is InChI=1S/C37H39N3O8S/c1-7-34(37(43)39-28-21-26(44-2)16-17-30(28)45-3)49-27-15-11-14-25(20-27)38-36(42)29(40-35(41)23-12-9-8-10-13-23)18-24-19-32(47-5)33(48-6)22-31(24)46-4/h8-22,34H,7H2,1-6H3,(H,38,42)(H,39,43)(H,40,41)/b29-18+. The van der Waals surface area contributed by atoms with Crippen LogP contribution in [0.25, 0.3) is 6.08 Å². The van der Waals surface area contributed by atoms with Gasteiger partial charge in [0.05, 0.1) is 46.5 Å². The second-order valence-corrected chi connectivity index (χ2v) is 11.7. The normalized spacial score (nSPS) is 11.5. The van der Waals surface area contributed by atoms with Crippen molar-refractivity contribution in [2.24, 2.45) is 0 Å². The summed E-state index contributed by atoms with van der Waals surface area (Å²) in [6.45, 7) is 1.92. The molecule has 4 aromatic rings. The van der Waals surface area contributed by atoms with Crippen molar-refractivity contribution in [1.29, 1.82) is 0 Å². The van der Waals surface area contributed by atoms with Gasteiger partial charge < -0.3 is 39.6 Å². The second kappa shape index (κ2) is 17.5. The molecule has 0 aromatic heterocycles. The lowest BCUT2D eigenvalue weighted by atomic mass is 10.1. The van der Waals surface area contributed by atoms with Gasteiger partial charge in [0.15, 0.2) is 11.5 Å². The monoisotopic (exact) mass is 685 g/mol. The van der Waals surface area contributed by atoms with Crippen molar-refractivity contribution in [2.75, 3.05) is 46.2 Å². The molecule has 1 atom stereocenters. The maximum absolute atomic E-state index is 13.8. The maximum Gasteiger partial charge on any atom is 0.272 e. The van der Waals surface area contributed by atoms with E-state index in [0.29, 0.717) is 57.7 Å². The molecule has 49 heavy (non-hydrogen) atoms. The smallest absolute Gasteiger partial charge is 0.272 e. The third-order valence-electron chi connectivity index (χ3n) is 7.26. The zero-order valence-electron chi connectivity index (χ0n) is 28.1. The lowest BCUT2D eigenvalue weighted by Gasteiger charge is -2.17. The molecule has 3 N–H and O–H groups in total. The third-order valence-corrected chi connectivity index (χ3v) is 8.62. The van der Waals surface area contributed by atoms with Crippen LogP contribution in [-0.4, -0.2) is 58.5 Å². The minimum absolute atomic E-state index is 0.0459. The molecule has 0 fully saturated rings. The van der Waals surface area contributed by atoms with Crippen LogP contribution >= 0.6 is 11.8 Å². The summed E-state index contributed by atoms with van der Waals surface area (Å²) in [5.41, 5.74) is 1.74. The van der Waals surface area contributed by atoms with E-state index in [-0.39, 0.29) is 11.6 Å². The zero-order valence-corrected chi connectivity index (χ0v) is 28.9. The number of amides is 3. The van der Waals surface area contributed by atoms with Crippen LogP contribution in [-0.2, 0) is 9.59 Å². The summed E-state index contributed by atoms with van der Waals surface area (Å²) in [5, 5.41) is 8.09. The molecule has 0 saturated carbocycles. The maximum atomic E-state index is 13.8. The van der Waals surface area contributed by atoms with Gasteiger partial charge in [-0.15, -0.1) is 11.8 Å². The van der Waals surface area contributed by atoms with Gasteiger partial charge in [0, 0.05) is 33.8 Å². The van der Waals surface area contributed by atoms with Crippen LogP contribution in [0, 0.1) is 0 Å². The topological polar surface area (TPSA) is 133 Å². The number of rotatable bonds is 15. The fourth-order valence-corrected chi connectivity index (χ4v) is 5.73. The lowest BCUT2D eigenvalue weighted by molar-refractivity contribution is -0.116. The van der Waals surface area contributed by atoms with Gasteiger partial charge in [-0.25, -0.2) is 0 Å². The predicted octanol–water partition coefficient (Wildman–Crippen LogP) is 6.65. The van der Waals surface area contributed by atoms with Gasteiger partial charge >= 0.3 is 0 Å². The van der Waals surface area contributed by atoms with E-state index in [4.69, 9.17) is 23.7 Å². The summed E-state index contributed by atoms with van der Waals surface area (Å²) in [7, 11) is 7.57. The number of nitrogens with one attached hydrogen (secondary N) is 3. The van der Waals surface area contributed by atoms with E-state index in [1.54, 1.807) is 86.0 Å². The number of benzene rings is 4. The summed E-state index contributed by atoms with van der Waals surface area (Å²) in [6.07, 6.45) is 2.03. The number of hydrogen-bond acceptors (Lipinski definition) is 9. The summed E-state index contributed by atoms with van der Waals surface area (Å²) < 4.78 is 27.1. The van der Waals surface area contributed by atoms with Gasteiger partial charge in [-0.1, -0.05) is 31.2 Å². The van der Waals surface area contributed by atoms with Crippen molar-refractivity contribution >= 4 is 46.9 Å². The molecule has 0 aliphatic rings. The molecule has 0 spiro atoms. The Morgan fingerprint density at radius 1 is 0.714 bits per heavy atom. The molecule has 0 aliphatic heterocycles. The molecule has 3 amide bonds. The van der Waals surface area contributed by atoms with Crippen molar-refractivity contribution in [3.05, 3.63) is 102 Å². The molecule has 12 heteroatoms. The highest BCUT2D eigenvalue weighted by Gasteiger charge is 2.21. The molecule has 0 heterocycles. The SMILES string of the molecule is CCC(Sc1cccc(NC(=O)/C(=C\c2cc(OC)c(OC)cc2OC)NC(=O)c2ccccc2)c1)C(=O)Nc1cc(OC)ccc1OC. The first-order chi connectivity index (χ1) is 23.7. The third kappa shape index (κ3) is 9.48. The van der Waals surface area contributed by atoms with Gasteiger partial charge in [-0.2, -0.15) is 0 Å². The van der Waals surface area contributed by atoms with Crippen molar-refractivity contribution in [1.82, 2.24) is 5.32 Å². The summed E-state index contributed by atoms with van der Waals surface area (Å²) >= 11 is 1.35. The highest BCUT2D eigenvalue weighted by atomic mass is 32.2. The number of thioether (sulfide) groups is 1. The first-order valence-electron chi connectivity index (χ1n) is 15.2. The van der Waals surface area contributed by atoms with Crippen LogP contribution < -0.4 is 39.6 Å². The average molecular weight is 686 g/mol. The number of ether oxygens (including phenoxy) is 5. The summed E-state index contributed by atoms with van der Waals surface area (Å²) in [4.78, 5) is 41.1. The Bertz CT molecular complexity index is 1810. The van der Waals surface area contributed by atoms with Gasteiger partial charge in [0.2, 0.25) is 5.91 Å². The molecule has 0 aliphatic carbocycles. The Kier molecular flexibility index (Phi) is 12.9. The van der Waals surface area contributed by atoms with Gasteiger partial charge in [0.25, 0.3) is 11.8 Å². The summed E-state index contributed by atoms with van der Waals surface area (Å²) in [6, 6.07) is 24.1. The molecule has 4 rings (SSSR count). The molecule has 0 saturated heterocycles. The Balaban J connectivity index is 1.59. The van der Waals surface area contributed by atoms with Crippen LogP contribution in [0.1, 0.15) is 29.3 Å². The molecule has 0 radical (unpaired) electrons. The van der Waals surface area contributed by atoms with Crippen molar-refractivity contribution < 1.29 is 38.1 Å². The molecule has 4 aromatic carbocycles. The first-order valence-corrected chi connectivity index (χ1v) is 16.1. The quantitative estimate of drug-likeness (QED) is 0.0930. The van der Waals surface area contributed by atoms with Crippen molar-refractivity contribution in [3.8, 4) is 28.7 Å². The molecule has 1 unspecified atom stereocenters. The second-order valence-electron chi connectivity index (χ2n) is 10.4. The van der Waals surface area contributed by atoms with Gasteiger partial charge in [-0.3, -0.25) is 14.4 Å². The number of anilines is 2. The Morgan fingerprint density at radius 3 is 2.06 bits per heavy atom. The van der Waals surface area contributed by atoms with Crippen molar-refractivity contribution in [3.63, 3.8) is 0 Å². The molecule has 256 valence electrons. The minimum atomic E-state index is -0.585. The van der Waals surface area contributed by atoms with Crippen LogP contribution in [0.5, 0.6) is 28.7 Å². The Morgan fingerprint density at radius 2 is 1.41 bits per heavy atom. The van der Waals surface area contributed by atoms with E-state index in [2.05, 4.69) is 16.0 Å². The number of carbonyl (C=O) groups excluding carboxylic acids is 3. The average Bonchev–Trinajstić information content (AvgIpc) is 3.13. The number of hydrogen-bond donors (Lipinski definition) is 3. The highest BCUT2D eigenvalue weighted by Crippen LogP contribution is 2.36. The van der Waals surface area contributed by atoms with Gasteiger partial charge in [-0.05, 0) is 61.0 Å². The van der Waals surface area contributed by atoms with E-state index in [9.17, 15) is 14.4 Å². The molecule has 11 nitrogen and oxygen atoms in total. The minimum Gasteiger partial charge on any atom is -0.497 e. The van der Waals surface area contributed by atoms with E-state index in [0.717, 1.165) is 4.90 Å². The fourth-order valence-electron chi connectivity index (χ4n) is 4.72. The summed E-state index contributed by atoms with van der Waals surface area (Å²) in [5.74, 6) is 1.05. The van der Waals surface area contributed by atoms with E-state index in [1.165, 1.54) is 46.3 Å². The molecular weight excluding hydrogens is 646 g/mol. The zero-order chi connectivity index (χ0) is 35.3. The van der Waals surface area contributed by atoms with Gasteiger partial charge in [0.1, 0.15) is 22.9 Å². The van der Waals surface area contributed by atoms with Crippen LogP contribution in [0.2, 0.25) is 0 Å². The molecular formula is C37H39N3O8S. The Labute approximate surface area is 289 Å². The number of methoxy groups -OCH3 is 5. The Hall–Kier alpha value is -5.62.